The zero-order valence-electron chi connectivity index (χ0n) is 10.8. The number of nitrogens with one attached hydrogen (secondary N) is 2. The molecule has 2 N–H and O–H groups in total. The lowest BCUT2D eigenvalue weighted by Crippen LogP contribution is -2.27. The summed E-state index contributed by atoms with van der Waals surface area (Å²) in [6.45, 7) is 3.42. The monoisotopic (exact) mass is 248 g/mol. The minimum atomic E-state index is 0.0972. The van der Waals surface area contributed by atoms with Crippen molar-refractivity contribution in [1.29, 1.82) is 0 Å². The van der Waals surface area contributed by atoms with Crippen molar-refractivity contribution in [3.05, 3.63) is 23.8 Å². The van der Waals surface area contributed by atoms with Crippen molar-refractivity contribution < 1.29 is 4.79 Å². The van der Waals surface area contributed by atoms with E-state index in [1.165, 1.54) is 12.8 Å². The zero-order valence-corrected chi connectivity index (χ0v) is 10.8. The number of hydrogen-bond donors (Lipinski definition) is 2. The van der Waals surface area contributed by atoms with Gasteiger partial charge in [0, 0.05) is 18.7 Å². The largest absolute Gasteiger partial charge is 0.350 e. The molecule has 1 fully saturated rings. The van der Waals surface area contributed by atoms with Gasteiger partial charge in [0.25, 0.3) is 0 Å². The summed E-state index contributed by atoms with van der Waals surface area (Å²) in [4.78, 5) is 19.9. The van der Waals surface area contributed by atoms with Crippen molar-refractivity contribution in [2.24, 2.45) is 0 Å². The third kappa shape index (κ3) is 4.07. The van der Waals surface area contributed by atoms with Crippen LogP contribution in [0, 0.1) is 6.92 Å². The number of carbonyl (C=O) groups is 1. The third-order valence-electron chi connectivity index (χ3n) is 3.18. The molecule has 1 unspecified atom stereocenters. The maximum Gasteiger partial charge on any atom is 0.220 e. The molecule has 1 aromatic heterocycles. The molecule has 1 aliphatic rings. The first kappa shape index (κ1) is 13.0. The van der Waals surface area contributed by atoms with Crippen molar-refractivity contribution in [1.82, 2.24) is 20.6 Å². The quantitative estimate of drug-likeness (QED) is 0.813. The van der Waals surface area contributed by atoms with E-state index in [9.17, 15) is 4.79 Å². The van der Waals surface area contributed by atoms with Gasteiger partial charge >= 0.3 is 0 Å². The average molecular weight is 248 g/mol. The molecule has 1 aliphatic heterocycles. The maximum atomic E-state index is 11.7. The zero-order chi connectivity index (χ0) is 12.8. The van der Waals surface area contributed by atoms with E-state index in [-0.39, 0.29) is 5.91 Å². The number of carbonyl (C=O) groups excluding carboxylic acids is 1. The third-order valence-corrected chi connectivity index (χ3v) is 3.18. The van der Waals surface area contributed by atoms with Gasteiger partial charge in [0.2, 0.25) is 5.91 Å². The van der Waals surface area contributed by atoms with Crippen molar-refractivity contribution in [3.63, 3.8) is 0 Å². The molecular weight excluding hydrogens is 228 g/mol. The van der Waals surface area contributed by atoms with Crippen molar-refractivity contribution in [3.8, 4) is 0 Å². The lowest BCUT2D eigenvalue weighted by atomic mass is 10.1. The average Bonchev–Trinajstić information content (AvgIpc) is 2.87. The van der Waals surface area contributed by atoms with Gasteiger partial charge in [-0.3, -0.25) is 4.79 Å². The van der Waals surface area contributed by atoms with E-state index >= 15 is 0 Å². The van der Waals surface area contributed by atoms with Crippen LogP contribution in [0.5, 0.6) is 0 Å². The molecule has 0 bridgehead atoms. The second-order valence-electron chi connectivity index (χ2n) is 4.70. The van der Waals surface area contributed by atoms with Crippen LogP contribution in [0.2, 0.25) is 0 Å². The first-order valence-electron chi connectivity index (χ1n) is 6.52. The van der Waals surface area contributed by atoms with Gasteiger partial charge in [0.15, 0.2) is 0 Å². The Morgan fingerprint density at radius 1 is 1.61 bits per heavy atom. The predicted molar refractivity (Wildman–Crippen MR) is 68.9 cm³/mol. The van der Waals surface area contributed by atoms with Crippen LogP contribution >= 0.6 is 0 Å². The van der Waals surface area contributed by atoms with E-state index in [1.54, 1.807) is 6.20 Å². The smallest absolute Gasteiger partial charge is 0.220 e. The summed E-state index contributed by atoms with van der Waals surface area (Å²) in [6.07, 6.45) is 5.65. The topological polar surface area (TPSA) is 66.9 Å². The molecule has 1 amide bonds. The number of rotatable bonds is 5. The van der Waals surface area contributed by atoms with Crippen molar-refractivity contribution in [2.75, 3.05) is 6.54 Å². The molecule has 18 heavy (non-hydrogen) atoms. The van der Waals surface area contributed by atoms with Crippen molar-refractivity contribution in [2.45, 2.75) is 45.2 Å². The highest BCUT2D eigenvalue weighted by Gasteiger charge is 2.15. The van der Waals surface area contributed by atoms with E-state index in [2.05, 4.69) is 20.6 Å². The molecule has 98 valence electrons. The molecule has 5 nitrogen and oxygen atoms in total. The van der Waals surface area contributed by atoms with Crippen LogP contribution in [0.4, 0.5) is 0 Å². The van der Waals surface area contributed by atoms with E-state index in [4.69, 9.17) is 0 Å². The predicted octanol–water partition coefficient (Wildman–Crippen LogP) is 0.933. The summed E-state index contributed by atoms with van der Waals surface area (Å²) in [5.74, 6) is 0.830. The fourth-order valence-corrected chi connectivity index (χ4v) is 2.19. The summed E-state index contributed by atoms with van der Waals surface area (Å²) in [5.41, 5.74) is 0.856. The Bertz CT molecular complexity index is 402. The summed E-state index contributed by atoms with van der Waals surface area (Å²) in [6, 6.07) is 2.35. The van der Waals surface area contributed by atoms with Crippen molar-refractivity contribution >= 4 is 5.91 Å². The molecule has 1 saturated heterocycles. The second kappa shape index (κ2) is 6.44. The first-order chi connectivity index (χ1) is 8.74. The van der Waals surface area contributed by atoms with E-state index in [1.807, 2.05) is 13.0 Å². The van der Waals surface area contributed by atoms with Crippen LogP contribution in [-0.2, 0) is 11.3 Å². The van der Waals surface area contributed by atoms with Crippen LogP contribution in [0.3, 0.4) is 0 Å². The normalized spacial score (nSPS) is 18.8. The molecule has 0 radical (unpaired) electrons. The molecular formula is C13H20N4O. The van der Waals surface area contributed by atoms with Crippen LogP contribution in [-0.4, -0.2) is 28.5 Å². The highest BCUT2D eigenvalue weighted by atomic mass is 16.1. The van der Waals surface area contributed by atoms with E-state index in [0.717, 1.165) is 24.5 Å². The van der Waals surface area contributed by atoms with Gasteiger partial charge in [0.1, 0.15) is 5.82 Å². The maximum absolute atomic E-state index is 11.7. The number of hydrogen-bond acceptors (Lipinski definition) is 4. The molecule has 0 aromatic carbocycles. The summed E-state index contributed by atoms with van der Waals surface area (Å²) >= 11 is 0. The first-order valence-corrected chi connectivity index (χ1v) is 6.52. The van der Waals surface area contributed by atoms with Crippen LogP contribution < -0.4 is 10.6 Å². The van der Waals surface area contributed by atoms with Crippen LogP contribution in [0.25, 0.3) is 0 Å². The highest BCUT2D eigenvalue weighted by Crippen LogP contribution is 2.10. The van der Waals surface area contributed by atoms with Gasteiger partial charge in [-0.2, -0.15) is 0 Å². The number of nitrogens with zero attached hydrogens (tertiary/aromatic N) is 2. The van der Waals surface area contributed by atoms with Gasteiger partial charge in [-0.15, -0.1) is 0 Å². The number of aromatic nitrogens is 2. The van der Waals surface area contributed by atoms with Crippen LogP contribution in [0.1, 0.15) is 37.2 Å². The van der Waals surface area contributed by atoms with Gasteiger partial charge < -0.3 is 10.6 Å². The standard InChI is InChI=1S/C13H20N4O/c1-10-14-8-6-12(17-10)9-16-13(18)5-4-11-3-2-7-15-11/h6,8,11,15H,2-5,7,9H2,1H3,(H,16,18). The highest BCUT2D eigenvalue weighted by molar-refractivity contribution is 5.75. The fourth-order valence-electron chi connectivity index (χ4n) is 2.19. The second-order valence-corrected chi connectivity index (χ2v) is 4.70. The molecule has 0 saturated carbocycles. The fraction of sp³-hybridized carbons (Fsp3) is 0.615. The SMILES string of the molecule is Cc1nccc(CNC(=O)CCC2CCCN2)n1. The summed E-state index contributed by atoms with van der Waals surface area (Å²) in [5, 5.41) is 6.29. The number of amides is 1. The molecule has 1 aromatic rings. The van der Waals surface area contributed by atoms with Crippen LogP contribution in [0.15, 0.2) is 12.3 Å². The molecule has 2 rings (SSSR count). The van der Waals surface area contributed by atoms with Gasteiger partial charge in [-0.05, 0) is 38.8 Å². The Morgan fingerprint density at radius 3 is 3.22 bits per heavy atom. The molecule has 1 atom stereocenters. The molecule has 2 heterocycles. The van der Waals surface area contributed by atoms with E-state index < -0.39 is 0 Å². The lowest BCUT2D eigenvalue weighted by molar-refractivity contribution is -0.121. The summed E-state index contributed by atoms with van der Waals surface area (Å²) < 4.78 is 0. The Morgan fingerprint density at radius 2 is 2.50 bits per heavy atom. The summed E-state index contributed by atoms with van der Waals surface area (Å²) in [7, 11) is 0. The van der Waals surface area contributed by atoms with Gasteiger partial charge in [-0.1, -0.05) is 0 Å². The number of aryl methyl sites for hydroxylation is 1. The molecule has 0 aliphatic carbocycles. The Hall–Kier alpha value is -1.49. The minimum absolute atomic E-state index is 0.0972. The Balaban J connectivity index is 1.68. The van der Waals surface area contributed by atoms with Gasteiger partial charge in [0.05, 0.1) is 12.2 Å². The molecule has 0 spiro atoms. The molecule has 5 heteroatoms. The van der Waals surface area contributed by atoms with E-state index in [0.29, 0.717) is 19.0 Å². The Kier molecular flexibility index (Phi) is 4.64. The lowest BCUT2D eigenvalue weighted by Gasteiger charge is -2.09. The Labute approximate surface area is 107 Å². The van der Waals surface area contributed by atoms with Gasteiger partial charge in [-0.25, -0.2) is 9.97 Å². The minimum Gasteiger partial charge on any atom is -0.350 e.